The number of hydrogen-bond donors (Lipinski definition) is 2. The molecular formula is C19H14ClN3OS. The Labute approximate surface area is 154 Å². The molecule has 25 heavy (non-hydrogen) atoms. The van der Waals surface area contributed by atoms with E-state index < -0.39 is 0 Å². The zero-order chi connectivity index (χ0) is 17.4. The SMILES string of the molecule is Cc1ccc(Nc2nc(O)c(/C=C3\C=Nc4ccccc43)s2)cc1Cl. The summed E-state index contributed by atoms with van der Waals surface area (Å²) in [7, 11) is 0. The third kappa shape index (κ3) is 3.16. The van der Waals surface area contributed by atoms with Crippen LogP contribution in [0.15, 0.2) is 47.5 Å². The summed E-state index contributed by atoms with van der Waals surface area (Å²) in [6.07, 6.45) is 3.70. The first-order valence-corrected chi connectivity index (χ1v) is 8.88. The van der Waals surface area contributed by atoms with Gasteiger partial charge in [-0.1, -0.05) is 47.2 Å². The standard InChI is InChI=1S/C19H14ClN3OS/c1-11-6-7-13(9-15(11)20)22-19-23-18(24)17(25-19)8-12-10-21-16-5-3-2-4-14(12)16/h2-10,24H,1H3,(H,22,23)/b12-8+. The fourth-order valence-electron chi connectivity index (χ4n) is 2.56. The molecule has 124 valence electrons. The molecule has 4 rings (SSSR count). The molecule has 4 nitrogen and oxygen atoms in total. The Morgan fingerprint density at radius 3 is 2.88 bits per heavy atom. The van der Waals surface area contributed by atoms with Crippen molar-refractivity contribution < 1.29 is 5.11 Å². The molecule has 0 aliphatic carbocycles. The van der Waals surface area contributed by atoms with Crippen molar-refractivity contribution in [1.29, 1.82) is 0 Å². The van der Waals surface area contributed by atoms with Gasteiger partial charge in [-0.3, -0.25) is 4.99 Å². The van der Waals surface area contributed by atoms with Crippen LogP contribution in [0.3, 0.4) is 0 Å². The van der Waals surface area contributed by atoms with Crippen LogP contribution in [-0.2, 0) is 0 Å². The highest BCUT2D eigenvalue weighted by atomic mass is 35.5. The van der Waals surface area contributed by atoms with E-state index in [2.05, 4.69) is 15.3 Å². The number of rotatable bonds is 3. The third-order valence-corrected chi connectivity index (χ3v) is 5.22. The lowest BCUT2D eigenvalue weighted by Gasteiger charge is -2.04. The van der Waals surface area contributed by atoms with E-state index >= 15 is 0 Å². The minimum Gasteiger partial charge on any atom is -0.492 e. The Morgan fingerprint density at radius 2 is 2.04 bits per heavy atom. The molecule has 1 aromatic heterocycles. The van der Waals surface area contributed by atoms with Gasteiger partial charge in [0.2, 0.25) is 5.88 Å². The van der Waals surface area contributed by atoms with Crippen molar-refractivity contribution in [1.82, 2.24) is 4.98 Å². The Hall–Kier alpha value is -2.63. The van der Waals surface area contributed by atoms with Gasteiger partial charge in [0.25, 0.3) is 0 Å². The van der Waals surface area contributed by atoms with Crippen molar-refractivity contribution in [2.45, 2.75) is 6.92 Å². The fraction of sp³-hybridized carbons (Fsp3) is 0.0526. The van der Waals surface area contributed by atoms with Gasteiger partial charge in [-0.25, -0.2) is 0 Å². The number of nitrogens with zero attached hydrogens (tertiary/aromatic N) is 2. The molecule has 0 radical (unpaired) electrons. The van der Waals surface area contributed by atoms with Crippen molar-refractivity contribution in [3.05, 3.63) is 63.5 Å². The maximum atomic E-state index is 10.2. The molecule has 0 bridgehead atoms. The number of halogens is 1. The molecule has 1 aliphatic rings. The number of aromatic hydroxyl groups is 1. The molecular weight excluding hydrogens is 354 g/mol. The van der Waals surface area contributed by atoms with E-state index in [0.717, 1.165) is 28.1 Å². The lowest BCUT2D eigenvalue weighted by molar-refractivity contribution is 0.457. The van der Waals surface area contributed by atoms with Crippen LogP contribution in [0.4, 0.5) is 16.5 Å². The number of benzene rings is 2. The maximum Gasteiger partial charge on any atom is 0.231 e. The van der Waals surface area contributed by atoms with Crippen LogP contribution in [0.1, 0.15) is 16.0 Å². The first-order chi connectivity index (χ1) is 12.1. The van der Waals surface area contributed by atoms with Gasteiger partial charge in [-0.05, 0) is 36.8 Å². The van der Waals surface area contributed by atoms with Crippen molar-refractivity contribution in [3.8, 4) is 5.88 Å². The first-order valence-electron chi connectivity index (χ1n) is 7.68. The van der Waals surface area contributed by atoms with Crippen molar-refractivity contribution in [2.75, 3.05) is 5.32 Å². The van der Waals surface area contributed by atoms with Crippen molar-refractivity contribution in [3.63, 3.8) is 0 Å². The van der Waals surface area contributed by atoms with Gasteiger partial charge in [0, 0.05) is 28.1 Å². The van der Waals surface area contributed by atoms with E-state index in [9.17, 15) is 5.11 Å². The summed E-state index contributed by atoms with van der Waals surface area (Å²) in [4.78, 5) is 9.24. The summed E-state index contributed by atoms with van der Waals surface area (Å²) in [6.45, 7) is 1.95. The summed E-state index contributed by atoms with van der Waals surface area (Å²) in [5.74, 6) is -0.00371. The van der Waals surface area contributed by atoms with Crippen LogP contribution in [-0.4, -0.2) is 16.3 Å². The molecule has 0 saturated carbocycles. The van der Waals surface area contributed by atoms with Gasteiger partial charge in [-0.15, -0.1) is 0 Å². The van der Waals surface area contributed by atoms with E-state index in [1.54, 1.807) is 6.21 Å². The van der Waals surface area contributed by atoms with E-state index in [0.29, 0.717) is 15.0 Å². The predicted octanol–water partition coefficient (Wildman–Crippen LogP) is 5.81. The number of nitrogens with one attached hydrogen (secondary N) is 1. The van der Waals surface area contributed by atoms with Gasteiger partial charge in [0.05, 0.1) is 10.6 Å². The zero-order valence-electron chi connectivity index (χ0n) is 13.3. The van der Waals surface area contributed by atoms with Crippen LogP contribution >= 0.6 is 22.9 Å². The molecule has 2 heterocycles. The number of aromatic nitrogens is 1. The number of thiazole rings is 1. The van der Waals surface area contributed by atoms with Gasteiger partial charge >= 0.3 is 0 Å². The van der Waals surface area contributed by atoms with Crippen LogP contribution in [0, 0.1) is 6.92 Å². The molecule has 0 unspecified atom stereocenters. The topological polar surface area (TPSA) is 57.5 Å². The molecule has 2 N–H and O–H groups in total. The van der Waals surface area contributed by atoms with Gasteiger partial charge < -0.3 is 10.4 Å². The van der Waals surface area contributed by atoms with Crippen LogP contribution < -0.4 is 5.32 Å². The summed E-state index contributed by atoms with van der Waals surface area (Å²) in [6, 6.07) is 13.6. The van der Waals surface area contributed by atoms with Crippen LogP contribution in [0.25, 0.3) is 11.6 Å². The third-order valence-electron chi connectivity index (χ3n) is 3.90. The summed E-state index contributed by atoms with van der Waals surface area (Å²) < 4.78 is 0. The van der Waals surface area contributed by atoms with Crippen molar-refractivity contribution >= 4 is 57.3 Å². The number of fused-ring (bicyclic) bond motifs is 1. The quantitative estimate of drug-likeness (QED) is 0.614. The van der Waals surface area contributed by atoms with Gasteiger partial charge in [0.1, 0.15) is 0 Å². The van der Waals surface area contributed by atoms with Gasteiger partial charge in [0.15, 0.2) is 5.13 Å². The van der Waals surface area contributed by atoms with E-state index in [-0.39, 0.29) is 5.88 Å². The molecule has 2 aromatic carbocycles. The largest absolute Gasteiger partial charge is 0.492 e. The Bertz CT molecular complexity index is 1020. The normalized spacial score (nSPS) is 14.1. The molecule has 0 saturated heterocycles. The molecule has 1 aliphatic heterocycles. The average molecular weight is 368 g/mol. The van der Waals surface area contributed by atoms with Crippen LogP contribution in [0.5, 0.6) is 5.88 Å². The molecule has 0 spiro atoms. The second-order valence-corrected chi connectivity index (χ2v) is 7.11. The van der Waals surface area contributed by atoms with Gasteiger partial charge in [-0.2, -0.15) is 4.98 Å². The first kappa shape index (κ1) is 15.9. The molecule has 3 aromatic rings. The highest BCUT2D eigenvalue weighted by molar-refractivity contribution is 7.16. The number of aliphatic imine (C=N–C) groups is 1. The predicted molar refractivity (Wildman–Crippen MR) is 106 cm³/mol. The minimum atomic E-state index is -0.00371. The lowest BCUT2D eigenvalue weighted by Crippen LogP contribution is -1.89. The number of anilines is 2. The highest BCUT2D eigenvalue weighted by Gasteiger charge is 2.14. The molecule has 0 fully saturated rings. The van der Waals surface area contributed by atoms with Crippen LogP contribution in [0.2, 0.25) is 5.02 Å². The molecule has 0 atom stereocenters. The fourth-order valence-corrected chi connectivity index (χ4v) is 3.57. The highest BCUT2D eigenvalue weighted by Crippen LogP contribution is 2.37. The van der Waals surface area contributed by atoms with E-state index in [1.807, 2.05) is 55.5 Å². The maximum absolute atomic E-state index is 10.2. The Balaban J connectivity index is 1.62. The molecule has 0 amide bonds. The van der Waals surface area contributed by atoms with E-state index in [1.165, 1.54) is 11.3 Å². The smallest absolute Gasteiger partial charge is 0.231 e. The Kier molecular flexibility index (Phi) is 4.03. The number of para-hydroxylation sites is 1. The second kappa shape index (κ2) is 6.35. The van der Waals surface area contributed by atoms with E-state index in [4.69, 9.17) is 11.6 Å². The number of hydrogen-bond acceptors (Lipinski definition) is 5. The molecule has 6 heteroatoms. The number of aryl methyl sites for hydroxylation is 1. The number of allylic oxidation sites excluding steroid dienone is 1. The monoisotopic (exact) mass is 367 g/mol. The summed E-state index contributed by atoms with van der Waals surface area (Å²) in [5, 5.41) is 14.6. The summed E-state index contributed by atoms with van der Waals surface area (Å²) in [5.41, 5.74) is 4.79. The lowest BCUT2D eigenvalue weighted by atomic mass is 10.1. The van der Waals surface area contributed by atoms with Crippen molar-refractivity contribution in [2.24, 2.45) is 4.99 Å². The zero-order valence-corrected chi connectivity index (χ0v) is 14.9. The summed E-state index contributed by atoms with van der Waals surface area (Å²) >= 11 is 7.52. The second-order valence-electron chi connectivity index (χ2n) is 5.67. The minimum absolute atomic E-state index is 0.00371. The Morgan fingerprint density at radius 1 is 1.20 bits per heavy atom. The average Bonchev–Trinajstić information content (AvgIpc) is 3.16.